The standard InChI is InChI=1S/C22H24N2O4/c1-15-10-11-17(14-18(15)23-19(25)16-8-4-3-5-9-16)20(26)24-22(21(27)28-2)12-6-7-13-22/h3-5,8-11,14H,6-7,12-13H2,1-2H3,(H,23,25)(H,24,26). The highest BCUT2D eigenvalue weighted by Gasteiger charge is 2.43. The maximum atomic E-state index is 12.8. The van der Waals surface area contributed by atoms with Gasteiger partial charge in [-0.15, -0.1) is 0 Å². The van der Waals surface area contributed by atoms with Crippen LogP contribution in [-0.2, 0) is 9.53 Å². The highest BCUT2D eigenvalue weighted by atomic mass is 16.5. The van der Waals surface area contributed by atoms with Crippen LogP contribution in [-0.4, -0.2) is 30.4 Å². The summed E-state index contributed by atoms with van der Waals surface area (Å²) >= 11 is 0. The van der Waals surface area contributed by atoms with E-state index in [1.807, 2.05) is 13.0 Å². The average Bonchev–Trinajstić information content (AvgIpc) is 3.19. The van der Waals surface area contributed by atoms with Gasteiger partial charge in [0.2, 0.25) is 0 Å². The molecule has 2 aromatic carbocycles. The van der Waals surface area contributed by atoms with Gasteiger partial charge in [0, 0.05) is 16.8 Å². The zero-order valence-corrected chi connectivity index (χ0v) is 16.1. The van der Waals surface area contributed by atoms with Crippen LogP contribution in [0.4, 0.5) is 5.69 Å². The first-order valence-electron chi connectivity index (χ1n) is 9.33. The number of esters is 1. The van der Waals surface area contributed by atoms with Crippen LogP contribution in [0.15, 0.2) is 48.5 Å². The van der Waals surface area contributed by atoms with Crippen LogP contribution in [0, 0.1) is 6.92 Å². The molecule has 0 spiro atoms. The summed E-state index contributed by atoms with van der Waals surface area (Å²) in [6.07, 6.45) is 2.85. The van der Waals surface area contributed by atoms with Gasteiger partial charge in [0.15, 0.2) is 0 Å². The molecule has 146 valence electrons. The molecule has 1 aliphatic carbocycles. The second-order valence-electron chi connectivity index (χ2n) is 7.08. The molecule has 0 saturated heterocycles. The smallest absolute Gasteiger partial charge is 0.331 e. The summed E-state index contributed by atoms with van der Waals surface area (Å²) < 4.78 is 4.91. The number of hydrogen-bond acceptors (Lipinski definition) is 4. The van der Waals surface area contributed by atoms with E-state index in [9.17, 15) is 14.4 Å². The summed E-state index contributed by atoms with van der Waals surface area (Å²) in [7, 11) is 1.33. The number of hydrogen-bond donors (Lipinski definition) is 2. The highest BCUT2D eigenvalue weighted by Crippen LogP contribution is 2.31. The lowest BCUT2D eigenvalue weighted by molar-refractivity contribution is -0.148. The lowest BCUT2D eigenvalue weighted by Crippen LogP contribution is -2.53. The Bertz CT molecular complexity index is 887. The highest BCUT2D eigenvalue weighted by molar-refractivity contribution is 6.06. The summed E-state index contributed by atoms with van der Waals surface area (Å²) in [6.45, 7) is 1.86. The van der Waals surface area contributed by atoms with Crippen LogP contribution in [0.25, 0.3) is 0 Å². The van der Waals surface area contributed by atoms with Gasteiger partial charge in [-0.1, -0.05) is 37.1 Å². The maximum Gasteiger partial charge on any atom is 0.331 e. The fraction of sp³-hybridized carbons (Fsp3) is 0.318. The number of carbonyl (C=O) groups is 3. The molecule has 0 unspecified atom stereocenters. The molecule has 0 aliphatic heterocycles. The van der Waals surface area contributed by atoms with E-state index in [1.54, 1.807) is 42.5 Å². The topological polar surface area (TPSA) is 84.5 Å². The summed E-state index contributed by atoms with van der Waals surface area (Å²) in [5.74, 6) is -1.02. The van der Waals surface area contributed by atoms with Gasteiger partial charge in [-0.25, -0.2) is 4.79 Å². The van der Waals surface area contributed by atoms with E-state index >= 15 is 0 Å². The van der Waals surface area contributed by atoms with Crippen LogP contribution in [0.2, 0.25) is 0 Å². The quantitative estimate of drug-likeness (QED) is 0.778. The average molecular weight is 380 g/mol. The molecule has 0 heterocycles. The summed E-state index contributed by atoms with van der Waals surface area (Å²) in [5, 5.41) is 5.71. The summed E-state index contributed by atoms with van der Waals surface area (Å²) in [5.41, 5.74) is 1.34. The Hall–Kier alpha value is -3.15. The zero-order valence-electron chi connectivity index (χ0n) is 16.1. The molecular formula is C22H24N2O4. The van der Waals surface area contributed by atoms with E-state index in [-0.39, 0.29) is 11.8 Å². The first-order chi connectivity index (χ1) is 13.4. The van der Waals surface area contributed by atoms with E-state index in [2.05, 4.69) is 10.6 Å². The molecule has 2 N–H and O–H groups in total. The molecule has 0 radical (unpaired) electrons. The third kappa shape index (κ3) is 4.06. The number of amides is 2. The van der Waals surface area contributed by atoms with Crippen molar-refractivity contribution >= 4 is 23.5 Å². The van der Waals surface area contributed by atoms with Crippen LogP contribution in [0.3, 0.4) is 0 Å². The van der Waals surface area contributed by atoms with E-state index in [4.69, 9.17) is 4.74 Å². The van der Waals surface area contributed by atoms with Crippen molar-refractivity contribution in [2.24, 2.45) is 0 Å². The van der Waals surface area contributed by atoms with Crippen molar-refractivity contribution < 1.29 is 19.1 Å². The third-order valence-electron chi connectivity index (χ3n) is 5.17. The number of nitrogens with one attached hydrogen (secondary N) is 2. The lowest BCUT2D eigenvalue weighted by atomic mass is 9.96. The SMILES string of the molecule is COC(=O)C1(NC(=O)c2ccc(C)c(NC(=O)c3ccccc3)c2)CCCC1. The Balaban J connectivity index is 1.79. The van der Waals surface area contributed by atoms with Crippen molar-refractivity contribution in [1.82, 2.24) is 5.32 Å². The van der Waals surface area contributed by atoms with Gasteiger partial charge in [-0.05, 0) is 49.6 Å². The Kier molecular flexibility index (Phi) is 5.78. The Morgan fingerprint density at radius 2 is 1.61 bits per heavy atom. The van der Waals surface area contributed by atoms with Crippen molar-refractivity contribution in [3.63, 3.8) is 0 Å². The van der Waals surface area contributed by atoms with Crippen LogP contribution in [0.5, 0.6) is 0 Å². The molecule has 0 bridgehead atoms. The largest absolute Gasteiger partial charge is 0.467 e. The van der Waals surface area contributed by atoms with Crippen molar-refractivity contribution in [3.8, 4) is 0 Å². The number of benzene rings is 2. The Morgan fingerprint density at radius 3 is 2.25 bits per heavy atom. The fourth-order valence-corrected chi connectivity index (χ4v) is 3.53. The van der Waals surface area contributed by atoms with Crippen molar-refractivity contribution in [2.45, 2.75) is 38.1 Å². The molecule has 2 aromatic rings. The van der Waals surface area contributed by atoms with Crippen LogP contribution in [0.1, 0.15) is 52.0 Å². The molecular weight excluding hydrogens is 356 g/mol. The molecule has 6 heteroatoms. The molecule has 0 aromatic heterocycles. The minimum Gasteiger partial charge on any atom is -0.467 e. The van der Waals surface area contributed by atoms with E-state index in [0.717, 1.165) is 18.4 Å². The molecule has 1 fully saturated rings. The minimum absolute atomic E-state index is 0.247. The predicted octanol–water partition coefficient (Wildman–Crippen LogP) is 3.46. The van der Waals surface area contributed by atoms with Crippen molar-refractivity contribution in [3.05, 3.63) is 65.2 Å². The van der Waals surface area contributed by atoms with Crippen molar-refractivity contribution in [1.29, 1.82) is 0 Å². The molecule has 28 heavy (non-hydrogen) atoms. The Labute approximate surface area is 164 Å². The van der Waals surface area contributed by atoms with E-state index in [1.165, 1.54) is 7.11 Å². The lowest BCUT2D eigenvalue weighted by Gasteiger charge is -2.27. The maximum absolute atomic E-state index is 12.8. The van der Waals surface area contributed by atoms with E-state index in [0.29, 0.717) is 29.7 Å². The molecule has 1 saturated carbocycles. The van der Waals surface area contributed by atoms with Crippen LogP contribution >= 0.6 is 0 Å². The van der Waals surface area contributed by atoms with Gasteiger partial charge in [-0.2, -0.15) is 0 Å². The summed E-state index contributed by atoms with van der Waals surface area (Å²) in [4.78, 5) is 37.5. The van der Waals surface area contributed by atoms with Gasteiger partial charge in [-0.3, -0.25) is 9.59 Å². The monoisotopic (exact) mass is 380 g/mol. The molecule has 0 atom stereocenters. The van der Waals surface area contributed by atoms with Gasteiger partial charge >= 0.3 is 5.97 Å². The predicted molar refractivity (Wildman–Crippen MR) is 106 cm³/mol. The minimum atomic E-state index is -0.968. The number of aryl methyl sites for hydroxylation is 1. The van der Waals surface area contributed by atoms with E-state index < -0.39 is 11.5 Å². The zero-order chi connectivity index (χ0) is 20.1. The van der Waals surface area contributed by atoms with Gasteiger partial charge in [0.1, 0.15) is 5.54 Å². The van der Waals surface area contributed by atoms with Crippen LogP contribution < -0.4 is 10.6 Å². The first kappa shape index (κ1) is 19.6. The number of anilines is 1. The first-order valence-corrected chi connectivity index (χ1v) is 9.33. The normalized spacial score (nSPS) is 14.9. The molecule has 1 aliphatic rings. The number of ether oxygens (including phenoxy) is 1. The van der Waals surface area contributed by atoms with Gasteiger partial charge in [0.05, 0.1) is 7.11 Å². The molecule has 3 rings (SSSR count). The second kappa shape index (κ2) is 8.25. The fourth-order valence-electron chi connectivity index (χ4n) is 3.53. The molecule has 2 amide bonds. The Morgan fingerprint density at radius 1 is 0.929 bits per heavy atom. The number of methoxy groups -OCH3 is 1. The third-order valence-corrected chi connectivity index (χ3v) is 5.17. The summed E-state index contributed by atoms with van der Waals surface area (Å²) in [6, 6.07) is 14.0. The second-order valence-corrected chi connectivity index (χ2v) is 7.08. The number of carbonyl (C=O) groups excluding carboxylic acids is 3. The number of rotatable bonds is 5. The van der Waals surface area contributed by atoms with Gasteiger partial charge in [0.25, 0.3) is 11.8 Å². The van der Waals surface area contributed by atoms with Crippen molar-refractivity contribution in [2.75, 3.05) is 12.4 Å². The molecule has 6 nitrogen and oxygen atoms in total. The van der Waals surface area contributed by atoms with Gasteiger partial charge < -0.3 is 15.4 Å².